The maximum absolute atomic E-state index is 5.96. The van der Waals surface area contributed by atoms with Gasteiger partial charge in [0.25, 0.3) is 0 Å². The number of hydrogen-bond donors (Lipinski definition) is 0. The van der Waals surface area contributed by atoms with Crippen LogP contribution in [-0.2, 0) is 0 Å². The van der Waals surface area contributed by atoms with Gasteiger partial charge in [0.2, 0.25) is 0 Å². The number of fused-ring (bicyclic) bond motifs is 1. The highest BCUT2D eigenvalue weighted by Crippen LogP contribution is 2.45. The first-order chi connectivity index (χ1) is 11.7. The number of allylic oxidation sites excluding steroid dienone is 5. The number of para-hydroxylation sites is 1. The lowest BCUT2D eigenvalue weighted by molar-refractivity contribution is 0.430. The van der Waals surface area contributed by atoms with Crippen molar-refractivity contribution in [3.05, 3.63) is 102 Å². The van der Waals surface area contributed by atoms with Gasteiger partial charge < -0.3 is 4.74 Å². The molecule has 0 spiro atoms. The number of rotatable bonds is 4. The molecular weight excluding hydrogens is 292 g/mol. The highest BCUT2D eigenvalue weighted by atomic mass is 16.5. The monoisotopic (exact) mass is 314 g/mol. The van der Waals surface area contributed by atoms with Gasteiger partial charge in [0, 0.05) is 16.7 Å². The Kier molecular flexibility index (Phi) is 4.52. The molecule has 0 aromatic heterocycles. The lowest BCUT2D eigenvalue weighted by Gasteiger charge is -2.27. The quantitative estimate of drug-likeness (QED) is 0.599. The summed E-state index contributed by atoms with van der Waals surface area (Å²) in [6.07, 6.45) is 4.81. The lowest BCUT2D eigenvalue weighted by atomic mass is 9.84. The SMILES string of the molecule is C=CCC1=C(/C(=C/C)c2ccccc2C)c2ccccc2OC1=C. The van der Waals surface area contributed by atoms with Crippen molar-refractivity contribution in [2.45, 2.75) is 20.3 Å². The van der Waals surface area contributed by atoms with Crippen LogP contribution in [0.5, 0.6) is 5.75 Å². The van der Waals surface area contributed by atoms with Crippen LogP contribution in [0.1, 0.15) is 30.0 Å². The van der Waals surface area contributed by atoms with E-state index in [1.807, 2.05) is 24.3 Å². The molecule has 0 saturated carbocycles. The maximum Gasteiger partial charge on any atom is 0.135 e. The van der Waals surface area contributed by atoms with E-state index in [2.05, 4.69) is 63.4 Å². The molecule has 2 aromatic carbocycles. The van der Waals surface area contributed by atoms with Crippen molar-refractivity contribution in [2.24, 2.45) is 0 Å². The summed E-state index contributed by atoms with van der Waals surface area (Å²) < 4.78 is 5.96. The van der Waals surface area contributed by atoms with E-state index in [0.717, 1.165) is 23.3 Å². The molecule has 0 atom stereocenters. The Hall–Kier alpha value is -2.80. The van der Waals surface area contributed by atoms with Gasteiger partial charge in [-0.3, -0.25) is 0 Å². The van der Waals surface area contributed by atoms with E-state index in [1.54, 1.807) is 0 Å². The summed E-state index contributed by atoms with van der Waals surface area (Å²) >= 11 is 0. The molecule has 0 unspecified atom stereocenters. The van der Waals surface area contributed by atoms with Crippen molar-refractivity contribution in [1.82, 2.24) is 0 Å². The second-order valence-electron chi connectivity index (χ2n) is 5.89. The van der Waals surface area contributed by atoms with E-state index < -0.39 is 0 Å². The third-order valence-corrected chi connectivity index (χ3v) is 4.37. The van der Waals surface area contributed by atoms with Gasteiger partial charge in [-0.2, -0.15) is 0 Å². The van der Waals surface area contributed by atoms with Crippen LogP contribution in [0.25, 0.3) is 11.1 Å². The fourth-order valence-electron chi connectivity index (χ4n) is 3.24. The van der Waals surface area contributed by atoms with E-state index in [0.29, 0.717) is 5.76 Å². The third kappa shape index (κ3) is 2.74. The minimum Gasteiger partial charge on any atom is -0.457 e. The first-order valence-corrected chi connectivity index (χ1v) is 8.20. The van der Waals surface area contributed by atoms with Gasteiger partial charge in [-0.1, -0.05) is 61.2 Å². The molecule has 1 aliphatic rings. The Morgan fingerprint density at radius 1 is 1.08 bits per heavy atom. The average Bonchev–Trinajstić information content (AvgIpc) is 2.59. The zero-order valence-electron chi connectivity index (χ0n) is 14.3. The second kappa shape index (κ2) is 6.76. The van der Waals surface area contributed by atoms with E-state index in [9.17, 15) is 0 Å². The Morgan fingerprint density at radius 2 is 1.79 bits per heavy atom. The molecule has 1 heterocycles. The average molecular weight is 314 g/mol. The Morgan fingerprint density at radius 3 is 2.50 bits per heavy atom. The second-order valence-corrected chi connectivity index (χ2v) is 5.89. The molecule has 0 aliphatic carbocycles. The van der Waals surface area contributed by atoms with Crippen molar-refractivity contribution < 1.29 is 4.74 Å². The summed E-state index contributed by atoms with van der Waals surface area (Å²) in [5.74, 6) is 1.56. The van der Waals surface area contributed by atoms with Crippen LogP contribution in [0.15, 0.2) is 85.2 Å². The normalized spacial score (nSPS) is 14.2. The van der Waals surface area contributed by atoms with Gasteiger partial charge in [0.1, 0.15) is 11.5 Å². The minimum atomic E-state index is 0.705. The molecule has 3 rings (SSSR count). The Bertz CT molecular complexity index is 865. The van der Waals surface area contributed by atoms with Crippen molar-refractivity contribution in [3.8, 4) is 5.75 Å². The summed E-state index contributed by atoms with van der Waals surface area (Å²) in [6.45, 7) is 12.3. The molecule has 0 bridgehead atoms. The predicted octanol–water partition coefficient (Wildman–Crippen LogP) is 6.33. The number of benzene rings is 2. The van der Waals surface area contributed by atoms with Crippen molar-refractivity contribution in [3.63, 3.8) is 0 Å². The molecule has 0 amide bonds. The van der Waals surface area contributed by atoms with E-state index in [-0.39, 0.29) is 0 Å². The zero-order valence-corrected chi connectivity index (χ0v) is 14.3. The number of ether oxygens (including phenoxy) is 1. The van der Waals surface area contributed by atoms with Gasteiger partial charge in [0.05, 0.1) is 0 Å². The van der Waals surface area contributed by atoms with E-state index in [1.165, 1.54) is 22.3 Å². The number of hydrogen-bond acceptors (Lipinski definition) is 1. The summed E-state index contributed by atoms with van der Waals surface area (Å²) in [6, 6.07) is 16.6. The Labute approximate surface area is 144 Å². The largest absolute Gasteiger partial charge is 0.457 e. The molecule has 0 N–H and O–H groups in total. The van der Waals surface area contributed by atoms with Gasteiger partial charge in [-0.15, -0.1) is 6.58 Å². The molecule has 24 heavy (non-hydrogen) atoms. The van der Waals surface area contributed by atoms with Crippen LogP contribution < -0.4 is 4.74 Å². The smallest absolute Gasteiger partial charge is 0.135 e. The first-order valence-electron chi connectivity index (χ1n) is 8.20. The van der Waals surface area contributed by atoms with Crippen LogP contribution in [-0.4, -0.2) is 0 Å². The highest BCUT2D eigenvalue weighted by Gasteiger charge is 2.25. The van der Waals surface area contributed by atoms with Gasteiger partial charge in [-0.25, -0.2) is 0 Å². The van der Waals surface area contributed by atoms with Gasteiger partial charge in [0.15, 0.2) is 0 Å². The fourth-order valence-corrected chi connectivity index (χ4v) is 3.24. The first kappa shape index (κ1) is 16.1. The van der Waals surface area contributed by atoms with E-state index >= 15 is 0 Å². The van der Waals surface area contributed by atoms with Gasteiger partial charge >= 0.3 is 0 Å². The van der Waals surface area contributed by atoms with Crippen molar-refractivity contribution in [2.75, 3.05) is 0 Å². The zero-order chi connectivity index (χ0) is 17.1. The molecule has 120 valence electrons. The number of aryl methyl sites for hydroxylation is 1. The van der Waals surface area contributed by atoms with E-state index in [4.69, 9.17) is 4.74 Å². The molecule has 1 aliphatic heterocycles. The van der Waals surface area contributed by atoms with Crippen LogP contribution in [0.3, 0.4) is 0 Å². The van der Waals surface area contributed by atoms with Gasteiger partial charge in [-0.05, 0) is 43.0 Å². The topological polar surface area (TPSA) is 9.23 Å². The fraction of sp³-hybridized carbons (Fsp3) is 0.130. The highest BCUT2D eigenvalue weighted by molar-refractivity contribution is 6.09. The standard InChI is InChI=1S/C23H22O/c1-5-11-20-17(4)24-22-15-10-9-14-21(22)23(20)18(6-2)19-13-8-7-12-16(19)3/h5-10,12-15H,1,4,11H2,2-3H3/b18-6+. The lowest BCUT2D eigenvalue weighted by Crippen LogP contribution is -2.10. The Balaban J connectivity index is 2.30. The molecule has 2 aromatic rings. The maximum atomic E-state index is 5.96. The molecular formula is C23H22O. The summed E-state index contributed by atoms with van der Waals surface area (Å²) in [5.41, 5.74) is 7.10. The van der Waals surface area contributed by atoms with Crippen LogP contribution in [0.4, 0.5) is 0 Å². The summed E-state index contributed by atoms with van der Waals surface area (Å²) in [7, 11) is 0. The third-order valence-electron chi connectivity index (χ3n) is 4.37. The summed E-state index contributed by atoms with van der Waals surface area (Å²) in [4.78, 5) is 0. The van der Waals surface area contributed by atoms with Crippen LogP contribution in [0, 0.1) is 6.92 Å². The molecule has 1 nitrogen and oxygen atoms in total. The van der Waals surface area contributed by atoms with Crippen molar-refractivity contribution >= 4 is 11.1 Å². The van der Waals surface area contributed by atoms with Crippen LogP contribution >= 0.6 is 0 Å². The molecule has 0 radical (unpaired) electrons. The summed E-state index contributed by atoms with van der Waals surface area (Å²) in [5, 5.41) is 0. The van der Waals surface area contributed by atoms with Crippen LogP contribution in [0.2, 0.25) is 0 Å². The molecule has 1 heteroatoms. The molecule has 0 saturated heterocycles. The minimum absolute atomic E-state index is 0.705. The van der Waals surface area contributed by atoms with Crippen molar-refractivity contribution in [1.29, 1.82) is 0 Å². The predicted molar refractivity (Wildman–Crippen MR) is 103 cm³/mol. The molecule has 0 fully saturated rings.